The van der Waals surface area contributed by atoms with E-state index in [1.807, 2.05) is 20.8 Å². The van der Waals surface area contributed by atoms with Crippen molar-refractivity contribution in [3.63, 3.8) is 0 Å². The molecule has 0 aliphatic carbocycles. The zero-order chi connectivity index (χ0) is 12.1. The molecule has 0 aromatic carbocycles. The number of nitrogens with two attached hydrogens (primary N) is 1. The molecule has 15 heavy (non-hydrogen) atoms. The smallest absolute Gasteiger partial charge is 0.306 e. The number of amides is 1. The highest BCUT2D eigenvalue weighted by atomic mass is 16.6. The molecule has 2 N–H and O–H groups in total. The maximum absolute atomic E-state index is 11.3. The Bertz CT molecular complexity index is 230. The molecule has 1 amide bonds. The van der Waals surface area contributed by atoms with Gasteiger partial charge >= 0.3 is 5.97 Å². The molecule has 0 spiro atoms. The van der Waals surface area contributed by atoms with Crippen LogP contribution in [0.3, 0.4) is 0 Å². The number of primary amides is 1. The molecular weight excluding hydrogens is 194 g/mol. The summed E-state index contributed by atoms with van der Waals surface area (Å²) in [7, 11) is 0. The lowest BCUT2D eigenvalue weighted by Gasteiger charge is -2.19. The number of carbonyl (C=O) groups excluding carboxylic acids is 2. The second-order valence-electron chi connectivity index (χ2n) is 4.78. The SMILES string of the molecule is CC(CCCC(=O)OC(C)(C)C)C(N)=O. The summed E-state index contributed by atoms with van der Waals surface area (Å²) in [6.45, 7) is 7.25. The molecule has 0 rings (SSSR count). The Labute approximate surface area is 91.2 Å². The van der Waals surface area contributed by atoms with Crippen LogP contribution >= 0.6 is 0 Å². The number of hydrogen-bond acceptors (Lipinski definition) is 3. The van der Waals surface area contributed by atoms with Gasteiger partial charge in [-0.25, -0.2) is 0 Å². The van der Waals surface area contributed by atoms with Crippen LogP contribution in [0, 0.1) is 5.92 Å². The topological polar surface area (TPSA) is 69.4 Å². The van der Waals surface area contributed by atoms with Crippen molar-refractivity contribution in [3.05, 3.63) is 0 Å². The molecule has 4 heteroatoms. The average Bonchev–Trinajstić information content (AvgIpc) is 2.00. The lowest BCUT2D eigenvalue weighted by Crippen LogP contribution is -2.24. The monoisotopic (exact) mass is 215 g/mol. The van der Waals surface area contributed by atoms with Crippen LogP contribution < -0.4 is 5.73 Å². The Kier molecular flexibility index (Phi) is 5.33. The first-order valence-electron chi connectivity index (χ1n) is 5.23. The second kappa shape index (κ2) is 5.73. The predicted molar refractivity (Wildman–Crippen MR) is 58.1 cm³/mol. The normalized spacial score (nSPS) is 13.3. The molecule has 0 aliphatic heterocycles. The molecule has 0 saturated heterocycles. The van der Waals surface area contributed by atoms with Gasteiger partial charge in [0, 0.05) is 12.3 Å². The van der Waals surface area contributed by atoms with Crippen LogP contribution in [-0.2, 0) is 14.3 Å². The van der Waals surface area contributed by atoms with Crippen LogP contribution in [-0.4, -0.2) is 17.5 Å². The molecule has 0 bridgehead atoms. The van der Waals surface area contributed by atoms with E-state index in [2.05, 4.69) is 0 Å². The van der Waals surface area contributed by atoms with E-state index in [1.165, 1.54) is 0 Å². The maximum Gasteiger partial charge on any atom is 0.306 e. The minimum absolute atomic E-state index is 0.174. The fourth-order valence-electron chi connectivity index (χ4n) is 1.09. The Morgan fingerprint density at radius 3 is 2.27 bits per heavy atom. The third-order valence-electron chi connectivity index (χ3n) is 1.92. The lowest BCUT2D eigenvalue weighted by molar-refractivity contribution is -0.155. The molecule has 1 atom stereocenters. The van der Waals surface area contributed by atoms with E-state index in [0.29, 0.717) is 19.3 Å². The summed E-state index contributed by atoms with van der Waals surface area (Å²) in [6, 6.07) is 0. The van der Waals surface area contributed by atoms with Crippen LogP contribution in [0.15, 0.2) is 0 Å². The fraction of sp³-hybridized carbons (Fsp3) is 0.818. The van der Waals surface area contributed by atoms with E-state index in [1.54, 1.807) is 6.92 Å². The summed E-state index contributed by atoms with van der Waals surface area (Å²) in [4.78, 5) is 22.0. The Hall–Kier alpha value is -1.06. The third-order valence-corrected chi connectivity index (χ3v) is 1.92. The van der Waals surface area contributed by atoms with Gasteiger partial charge in [0.2, 0.25) is 5.91 Å². The van der Waals surface area contributed by atoms with Crippen molar-refractivity contribution in [1.82, 2.24) is 0 Å². The maximum atomic E-state index is 11.3. The molecular formula is C11H21NO3. The van der Waals surface area contributed by atoms with E-state index in [-0.39, 0.29) is 17.8 Å². The van der Waals surface area contributed by atoms with Crippen LogP contribution in [0.4, 0.5) is 0 Å². The summed E-state index contributed by atoms with van der Waals surface area (Å²) in [6.07, 6.45) is 1.61. The van der Waals surface area contributed by atoms with Gasteiger partial charge in [-0.1, -0.05) is 6.92 Å². The van der Waals surface area contributed by atoms with Crippen LogP contribution in [0.1, 0.15) is 47.0 Å². The van der Waals surface area contributed by atoms with Crippen molar-refractivity contribution < 1.29 is 14.3 Å². The highest BCUT2D eigenvalue weighted by Gasteiger charge is 2.16. The van der Waals surface area contributed by atoms with Gasteiger partial charge in [-0.3, -0.25) is 9.59 Å². The number of carbonyl (C=O) groups is 2. The zero-order valence-electron chi connectivity index (χ0n) is 10.0. The molecule has 0 radical (unpaired) electrons. The van der Waals surface area contributed by atoms with Gasteiger partial charge in [-0.15, -0.1) is 0 Å². The van der Waals surface area contributed by atoms with Crippen LogP contribution in [0.5, 0.6) is 0 Å². The van der Waals surface area contributed by atoms with Crippen molar-refractivity contribution in [1.29, 1.82) is 0 Å². The summed E-state index contributed by atoms with van der Waals surface area (Å²) < 4.78 is 5.12. The summed E-state index contributed by atoms with van der Waals surface area (Å²) in [5.74, 6) is -0.717. The molecule has 88 valence electrons. The lowest BCUT2D eigenvalue weighted by atomic mass is 10.0. The van der Waals surface area contributed by atoms with Crippen molar-refractivity contribution in [3.8, 4) is 0 Å². The van der Waals surface area contributed by atoms with Gasteiger partial charge in [-0.2, -0.15) is 0 Å². The zero-order valence-corrected chi connectivity index (χ0v) is 10.0. The van der Waals surface area contributed by atoms with E-state index in [4.69, 9.17) is 10.5 Å². The first-order chi connectivity index (χ1) is 6.72. The van der Waals surface area contributed by atoms with Crippen LogP contribution in [0.2, 0.25) is 0 Å². The van der Waals surface area contributed by atoms with E-state index in [0.717, 1.165) is 0 Å². The number of esters is 1. The molecule has 1 unspecified atom stereocenters. The number of rotatable bonds is 5. The standard InChI is InChI=1S/C11H21NO3/c1-8(10(12)14)6-5-7-9(13)15-11(2,3)4/h8H,5-7H2,1-4H3,(H2,12,14). The predicted octanol–water partition coefficient (Wildman–Crippen LogP) is 1.62. The van der Waals surface area contributed by atoms with E-state index >= 15 is 0 Å². The third kappa shape index (κ3) is 7.97. The molecule has 0 aliphatic rings. The summed E-state index contributed by atoms with van der Waals surface area (Å²) in [5.41, 5.74) is 4.66. The minimum Gasteiger partial charge on any atom is -0.460 e. The molecule has 0 heterocycles. The van der Waals surface area contributed by atoms with Gasteiger partial charge in [0.15, 0.2) is 0 Å². The Morgan fingerprint density at radius 1 is 1.33 bits per heavy atom. The van der Waals surface area contributed by atoms with E-state index in [9.17, 15) is 9.59 Å². The fourth-order valence-corrected chi connectivity index (χ4v) is 1.09. The van der Waals surface area contributed by atoms with Crippen molar-refractivity contribution in [2.75, 3.05) is 0 Å². The van der Waals surface area contributed by atoms with Gasteiger partial charge in [0.1, 0.15) is 5.60 Å². The Balaban J connectivity index is 3.69. The first-order valence-corrected chi connectivity index (χ1v) is 5.23. The van der Waals surface area contributed by atoms with Gasteiger partial charge in [0.05, 0.1) is 0 Å². The molecule has 0 fully saturated rings. The Morgan fingerprint density at radius 2 is 1.87 bits per heavy atom. The van der Waals surface area contributed by atoms with Crippen molar-refractivity contribution in [2.45, 2.75) is 52.6 Å². The van der Waals surface area contributed by atoms with Crippen molar-refractivity contribution >= 4 is 11.9 Å². The molecule has 0 saturated carbocycles. The highest BCUT2D eigenvalue weighted by molar-refractivity contribution is 5.76. The quantitative estimate of drug-likeness (QED) is 0.708. The minimum atomic E-state index is -0.438. The van der Waals surface area contributed by atoms with E-state index < -0.39 is 5.60 Å². The highest BCUT2D eigenvalue weighted by Crippen LogP contribution is 2.12. The number of hydrogen-bond donors (Lipinski definition) is 1. The first kappa shape index (κ1) is 13.9. The van der Waals surface area contributed by atoms with Crippen LogP contribution in [0.25, 0.3) is 0 Å². The largest absolute Gasteiger partial charge is 0.460 e. The molecule has 0 aromatic heterocycles. The van der Waals surface area contributed by atoms with Gasteiger partial charge in [0.25, 0.3) is 0 Å². The number of ether oxygens (including phenoxy) is 1. The summed E-state index contributed by atoms with van der Waals surface area (Å²) in [5, 5.41) is 0. The van der Waals surface area contributed by atoms with Gasteiger partial charge in [-0.05, 0) is 33.6 Å². The van der Waals surface area contributed by atoms with Gasteiger partial charge < -0.3 is 10.5 Å². The molecule has 0 aromatic rings. The second-order valence-corrected chi connectivity index (χ2v) is 4.78. The molecule has 4 nitrogen and oxygen atoms in total. The van der Waals surface area contributed by atoms with Crippen molar-refractivity contribution in [2.24, 2.45) is 11.7 Å². The average molecular weight is 215 g/mol. The summed E-state index contributed by atoms with van der Waals surface area (Å²) >= 11 is 0.